The van der Waals surface area contributed by atoms with Gasteiger partial charge in [-0.25, -0.2) is 0 Å². The Morgan fingerprint density at radius 1 is 1.28 bits per heavy atom. The topological polar surface area (TPSA) is 35.2 Å². The second-order valence-corrected chi connectivity index (χ2v) is 6.09. The van der Waals surface area contributed by atoms with Gasteiger partial charge in [0, 0.05) is 17.0 Å². The molecule has 0 aliphatic heterocycles. The molecule has 1 saturated carbocycles. The number of rotatable bonds is 4. The van der Waals surface area contributed by atoms with Gasteiger partial charge in [0.05, 0.1) is 12.1 Å². The van der Waals surface area contributed by atoms with E-state index in [1.807, 2.05) is 6.07 Å². The van der Waals surface area contributed by atoms with Crippen LogP contribution in [0.3, 0.4) is 0 Å². The molecule has 1 aliphatic carbocycles. The summed E-state index contributed by atoms with van der Waals surface area (Å²) in [4.78, 5) is 0. The lowest BCUT2D eigenvalue weighted by atomic mass is 9.86. The zero-order valence-electron chi connectivity index (χ0n) is 11.6. The molecule has 1 aromatic rings. The molecule has 1 aliphatic rings. The zero-order chi connectivity index (χ0) is 13.5. The molecule has 2 rings (SSSR count). The molecule has 100 valence electrons. The SMILES string of the molecule is COc1c(Cl)cc(C(C)C)cc1C1(C(C)N)CC1. The zero-order valence-corrected chi connectivity index (χ0v) is 12.3. The van der Waals surface area contributed by atoms with Gasteiger partial charge in [-0.1, -0.05) is 31.5 Å². The highest BCUT2D eigenvalue weighted by molar-refractivity contribution is 6.32. The van der Waals surface area contributed by atoms with Crippen LogP contribution in [0.5, 0.6) is 5.75 Å². The van der Waals surface area contributed by atoms with E-state index in [4.69, 9.17) is 22.1 Å². The van der Waals surface area contributed by atoms with E-state index in [9.17, 15) is 0 Å². The van der Waals surface area contributed by atoms with Crippen LogP contribution in [-0.4, -0.2) is 13.2 Å². The van der Waals surface area contributed by atoms with Crippen molar-refractivity contribution in [2.75, 3.05) is 7.11 Å². The lowest BCUT2D eigenvalue weighted by molar-refractivity contribution is 0.398. The van der Waals surface area contributed by atoms with E-state index in [0.29, 0.717) is 10.9 Å². The Balaban J connectivity index is 2.57. The standard InChI is InChI=1S/C15H22ClNO/c1-9(2)11-7-12(14(18-4)13(16)8-11)15(5-6-15)10(3)17/h7-10H,5-6,17H2,1-4H3. The van der Waals surface area contributed by atoms with Crippen molar-refractivity contribution in [3.8, 4) is 5.75 Å². The molecule has 0 amide bonds. The van der Waals surface area contributed by atoms with Crippen LogP contribution in [0.1, 0.15) is 50.7 Å². The smallest absolute Gasteiger partial charge is 0.141 e. The van der Waals surface area contributed by atoms with Crippen molar-refractivity contribution in [3.05, 3.63) is 28.3 Å². The van der Waals surface area contributed by atoms with E-state index in [0.717, 1.165) is 18.6 Å². The predicted octanol–water partition coefficient (Wildman–Crippen LogP) is 3.85. The summed E-state index contributed by atoms with van der Waals surface area (Å²) >= 11 is 6.35. The lowest BCUT2D eigenvalue weighted by Crippen LogP contribution is -2.32. The van der Waals surface area contributed by atoms with Crippen molar-refractivity contribution in [3.63, 3.8) is 0 Å². The van der Waals surface area contributed by atoms with Gasteiger partial charge >= 0.3 is 0 Å². The van der Waals surface area contributed by atoms with Gasteiger partial charge in [-0.15, -0.1) is 0 Å². The summed E-state index contributed by atoms with van der Waals surface area (Å²) in [6.45, 7) is 6.42. The van der Waals surface area contributed by atoms with Crippen molar-refractivity contribution in [1.82, 2.24) is 0 Å². The molecule has 18 heavy (non-hydrogen) atoms. The normalized spacial score (nSPS) is 18.8. The van der Waals surface area contributed by atoms with Crippen molar-refractivity contribution in [1.29, 1.82) is 0 Å². The summed E-state index contributed by atoms with van der Waals surface area (Å²) in [6.07, 6.45) is 2.25. The average molecular weight is 268 g/mol. The third-order valence-corrected chi connectivity index (χ3v) is 4.41. The molecule has 1 fully saturated rings. The minimum Gasteiger partial charge on any atom is -0.495 e. The van der Waals surface area contributed by atoms with E-state index in [1.54, 1.807) is 7.11 Å². The van der Waals surface area contributed by atoms with E-state index < -0.39 is 0 Å². The van der Waals surface area contributed by atoms with Crippen molar-refractivity contribution >= 4 is 11.6 Å². The van der Waals surface area contributed by atoms with Crippen molar-refractivity contribution < 1.29 is 4.74 Å². The quantitative estimate of drug-likeness (QED) is 0.899. The third-order valence-electron chi connectivity index (χ3n) is 4.13. The first-order valence-corrected chi connectivity index (χ1v) is 6.93. The molecular formula is C15H22ClNO. The highest BCUT2D eigenvalue weighted by Crippen LogP contribution is 2.55. The summed E-state index contributed by atoms with van der Waals surface area (Å²) in [5, 5.41) is 0.700. The van der Waals surface area contributed by atoms with Crippen LogP contribution in [-0.2, 0) is 5.41 Å². The average Bonchev–Trinajstić information content (AvgIpc) is 3.08. The van der Waals surface area contributed by atoms with E-state index in [2.05, 4.69) is 26.8 Å². The molecule has 2 N–H and O–H groups in total. The van der Waals surface area contributed by atoms with Crippen LogP contribution in [0, 0.1) is 0 Å². The summed E-state index contributed by atoms with van der Waals surface area (Å²) in [5.74, 6) is 1.26. The maximum atomic E-state index is 6.35. The maximum Gasteiger partial charge on any atom is 0.141 e. The third kappa shape index (κ3) is 2.12. The number of halogens is 1. The first kappa shape index (κ1) is 13.7. The molecular weight excluding hydrogens is 246 g/mol. The van der Waals surface area contributed by atoms with Crippen molar-refractivity contribution in [2.24, 2.45) is 5.73 Å². The highest BCUT2D eigenvalue weighted by atomic mass is 35.5. The Kier molecular flexibility index (Phi) is 3.61. The summed E-state index contributed by atoms with van der Waals surface area (Å²) < 4.78 is 5.50. The fraction of sp³-hybridized carbons (Fsp3) is 0.600. The van der Waals surface area contributed by atoms with E-state index >= 15 is 0 Å². The van der Waals surface area contributed by atoms with Crippen LogP contribution in [0.4, 0.5) is 0 Å². The first-order chi connectivity index (χ1) is 8.42. The number of hydrogen-bond donors (Lipinski definition) is 1. The van der Waals surface area contributed by atoms with Crippen LogP contribution in [0.25, 0.3) is 0 Å². The van der Waals surface area contributed by atoms with Gasteiger partial charge < -0.3 is 10.5 Å². The van der Waals surface area contributed by atoms with Gasteiger partial charge in [-0.05, 0) is 37.3 Å². The monoisotopic (exact) mass is 267 g/mol. The number of methoxy groups -OCH3 is 1. The van der Waals surface area contributed by atoms with E-state index in [-0.39, 0.29) is 11.5 Å². The van der Waals surface area contributed by atoms with Gasteiger partial charge in [0.1, 0.15) is 5.75 Å². The van der Waals surface area contributed by atoms with Crippen LogP contribution in [0.2, 0.25) is 5.02 Å². The molecule has 0 heterocycles. The summed E-state index contributed by atoms with van der Waals surface area (Å²) in [6, 6.07) is 4.36. The minimum absolute atomic E-state index is 0.0693. The molecule has 1 aromatic carbocycles. The van der Waals surface area contributed by atoms with Crippen LogP contribution in [0.15, 0.2) is 12.1 Å². The Morgan fingerprint density at radius 2 is 1.89 bits per heavy atom. The molecule has 2 nitrogen and oxygen atoms in total. The molecule has 1 atom stereocenters. The Hall–Kier alpha value is -0.730. The molecule has 0 radical (unpaired) electrons. The molecule has 0 aromatic heterocycles. The largest absolute Gasteiger partial charge is 0.495 e. The van der Waals surface area contributed by atoms with Gasteiger partial charge in [0.15, 0.2) is 0 Å². The maximum absolute atomic E-state index is 6.35. The fourth-order valence-corrected chi connectivity index (χ4v) is 2.93. The molecule has 0 saturated heterocycles. The summed E-state index contributed by atoms with van der Waals surface area (Å²) in [5.41, 5.74) is 8.68. The Labute approximate surface area is 114 Å². The second-order valence-electron chi connectivity index (χ2n) is 5.68. The lowest BCUT2D eigenvalue weighted by Gasteiger charge is -2.24. The van der Waals surface area contributed by atoms with Gasteiger partial charge in [-0.2, -0.15) is 0 Å². The fourth-order valence-electron chi connectivity index (χ4n) is 2.63. The second kappa shape index (κ2) is 4.75. The number of ether oxygens (including phenoxy) is 1. The van der Waals surface area contributed by atoms with Gasteiger partial charge in [0.2, 0.25) is 0 Å². The van der Waals surface area contributed by atoms with Crippen molar-refractivity contribution in [2.45, 2.75) is 51.0 Å². The number of nitrogens with two attached hydrogens (primary N) is 1. The molecule has 0 bridgehead atoms. The van der Waals surface area contributed by atoms with E-state index in [1.165, 1.54) is 11.1 Å². The minimum atomic E-state index is 0.0693. The molecule has 3 heteroatoms. The summed E-state index contributed by atoms with van der Waals surface area (Å²) in [7, 11) is 1.68. The van der Waals surface area contributed by atoms with Crippen LogP contribution >= 0.6 is 11.6 Å². The highest BCUT2D eigenvalue weighted by Gasteiger charge is 2.49. The molecule has 0 spiro atoms. The van der Waals surface area contributed by atoms with Gasteiger partial charge in [-0.3, -0.25) is 0 Å². The molecule has 1 unspecified atom stereocenters. The predicted molar refractivity (Wildman–Crippen MR) is 76.7 cm³/mol. The van der Waals surface area contributed by atoms with Gasteiger partial charge in [0.25, 0.3) is 0 Å². The Morgan fingerprint density at radius 3 is 2.28 bits per heavy atom. The Bertz CT molecular complexity index is 450. The number of hydrogen-bond acceptors (Lipinski definition) is 2. The number of benzene rings is 1. The van der Waals surface area contributed by atoms with Crippen LogP contribution < -0.4 is 10.5 Å². The first-order valence-electron chi connectivity index (χ1n) is 6.56.